The average molecular weight is 448 g/mol. The molecule has 0 bridgehead atoms. The van der Waals surface area contributed by atoms with Crippen molar-refractivity contribution in [2.75, 3.05) is 25.1 Å². The molecule has 0 atom stereocenters. The molecule has 31 heavy (non-hydrogen) atoms. The molecule has 3 rings (SSSR count). The highest BCUT2D eigenvalue weighted by Gasteiger charge is 2.30. The van der Waals surface area contributed by atoms with Crippen LogP contribution in [0.2, 0.25) is 5.02 Å². The number of halogens is 1. The van der Waals surface area contributed by atoms with E-state index in [1.165, 1.54) is 15.7 Å². The fraction of sp³-hybridized carbons (Fsp3) is 0.478. The number of amides is 1. The molecule has 0 saturated heterocycles. The predicted molar refractivity (Wildman–Crippen MR) is 122 cm³/mol. The van der Waals surface area contributed by atoms with Crippen LogP contribution in [-0.2, 0) is 29.5 Å². The van der Waals surface area contributed by atoms with E-state index in [0.29, 0.717) is 47.2 Å². The number of benzene rings is 1. The normalized spacial score (nSPS) is 14.0. The van der Waals surface area contributed by atoms with E-state index in [1.54, 1.807) is 7.05 Å². The SMILES string of the molecule is CCc1ccc(Nc2c3c(cc(=O)n2C)CCN(OCCOC(C)(C)C)C3=O)c(Cl)c1. The summed E-state index contributed by atoms with van der Waals surface area (Å²) in [5.41, 5.74) is 2.38. The Labute approximate surface area is 187 Å². The first kappa shape index (κ1) is 23.3. The van der Waals surface area contributed by atoms with E-state index in [1.807, 2.05) is 39.0 Å². The Hall–Kier alpha value is -2.35. The highest BCUT2D eigenvalue weighted by Crippen LogP contribution is 2.31. The van der Waals surface area contributed by atoms with E-state index in [9.17, 15) is 9.59 Å². The molecular weight excluding hydrogens is 418 g/mol. The molecule has 1 aliphatic heterocycles. The molecule has 1 amide bonds. The van der Waals surface area contributed by atoms with Crippen molar-refractivity contribution in [3.05, 3.63) is 56.3 Å². The first-order valence-corrected chi connectivity index (χ1v) is 10.9. The highest BCUT2D eigenvalue weighted by atomic mass is 35.5. The van der Waals surface area contributed by atoms with E-state index in [-0.39, 0.29) is 23.7 Å². The number of nitrogens with zero attached hydrogens (tertiary/aromatic N) is 2. The minimum atomic E-state index is -0.295. The summed E-state index contributed by atoms with van der Waals surface area (Å²) in [5.74, 6) is 0.106. The summed E-state index contributed by atoms with van der Waals surface area (Å²) in [7, 11) is 1.63. The minimum Gasteiger partial charge on any atom is -0.373 e. The number of hydroxylamine groups is 2. The lowest BCUT2D eigenvalue weighted by Gasteiger charge is -2.30. The van der Waals surface area contributed by atoms with Crippen LogP contribution in [0.4, 0.5) is 11.5 Å². The fourth-order valence-corrected chi connectivity index (χ4v) is 3.65. The molecule has 1 aliphatic rings. The quantitative estimate of drug-likeness (QED) is 0.647. The maximum atomic E-state index is 13.2. The smallest absolute Gasteiger partial charge is 0.281 e. The van der Waals surface area contributed by atoms with Gasteiger partial charge in [0.15, 0.2) is 0 Å². The lowest BCUT2D eigenvalue weighted by atomic mass is 10.0. The number of carbonyl (C=O) groups excluding carboxylic acids is 1. The van der Waals surface area contributed by atoms with Crippen LogP contribution in [0.1, 0.15) is 49.2 Å². The zero-order valence-electron chi connectivity index (χ0n) is 18.8. The van der Waals surface area contributed by atoms with Crippen LogP contribution in [-0.4, -0.2) is 40.9 Å². The molecule has 1 aromatic carbocycles. The molecule has 8 heteroatoms. The summed E-state index contributed by atoms with van der Waals surface area (Å²) >= 11 is 6.44. The lowest BCUT2D eigenvalue weighted by molar-refractivity contribution is -0.148. The van der Waals surface area contributed by atoms with Crippen LogP contribution in [0.3, 0.4) is 0 Å². The average Bonchev–Trinajstić information content (AvgIpc) is 2.70. The Kier molecular flexibility index (Phi) is 7.09. The van der Waals surface area contributed by atoms with Gasteiger partial charge in [-0.05, 0) is 56.9 Å². The molecule has 2 aromatic rings. The number of fused-ring (bicyclic) bond motifs is 1. The number of anilines is 2. The number of nitrogens with one attached hydrogen (secondary N) is 1. The van der Waals surface area contributed by atoms with Crippen molar-refractivity contribution in [1.82, 2.24) is 9.63 Å². The van der Waals surface area contributed by atoms with Crippen LogP contribution in [0, 0.1) is 0 Å². The monoisotopic (exact) mass is 447 g/mol. The molecule has 168 valence electrons. The Balaban J connectivity index is 1.87. The predicted octanol–water partition coefficient (Wildman–Crippen LogP) is 4.09. The number of hydrogen-bond acceptors (Lipinski definition) is 5. The Bertz CT molecular complexity index is 1030. The van der Waals surface area contributed by atoms with Gasteiger partial charge in [0, 0.05) is 13.1 Å². The first-order valence-electron chi connectivity index (χ1n) is 10.5. The van der Waals surface area contributed by atoms with E-state index in [0.717, 1.165) is 12.0 Å². The number of carbonyl (C=O) groups is 1. The summed E-state index contributed by atoms with van der Waals surface area (Å²) in [5, 5.41) is 5.07. The first-order chi connectivity index (χ1) is 14.6. The number of aromatic nitrogens is 1. The molecule has 1 N–H and O–H groups in total. The van der Waals surface area contributed by atoms with Crippen LogP contribution in [0.5, 0.6) is 0 Å². The van der Waals surface area contributed by atoms with Crippen LogP contribution in [0.25, 0.3) is 0 Å². The number of ether oxygens (including phenoxy) is 1. The summed E-state index contributed by atoms with van der Waals surface area (Å²) in [6, 6.07) is 7.22. The van der Waals surface area contributed by atoms with Gasteiger partial charge in [-0.2, -0.15) is 0 Å². The summed E-state index contributed by atoms with van der Waals surface area (Å²) < 4.78 is 7.08. The van der Waals surface area contributed by atoms with Gasteiger partial charge in [0.2, 0.25) is 0 Å². The molecule has 0 radical (unpaired) electrons. The molecule has 0 unspecified atom stereocenters. The molecule has 0 spiro atoms. The van der Waals surface area contributed by atoms with Crippen molar-refractivity contribution in [3.63, 3.8) is 0 Å². The molecule has 0 saturated carbocycles. The summed E-state index contributed by atoms with van der Waals surface area (Å²) in [4.78, 5) is 31.4. The van der Waals surface area contributed by atoms with Crippen LogP contribution in [0.15, 0.2) is 29.1 Å². The topological polar surface area (TPSA) is 72.8 Å². The second-order valence-corrected chi connectivity index (χ2v) is 8.94. The van der Waals surface area contributed by atoms with Gasteiger partial charge in [0.05, 0.1) is 41.6 Å². The van der Waals surface area contributed by atoms with E-state index in [2.05, 4.69) is 12.2 Å². The molecule has 2 heterocycles. The van der Waals surface area contributed by atoms with Gasteiger partial charge in [-0.25, -0.2) is 5.06 Å². The van der Waals surface area contributed by atoms with Gasteiger partial charge in [-0.1, -0.05) is 24.6 Å². The molecule has 0 aliphatic carbocycles. The van der Waals surface area contributed by atoms with Crippen molar-refractivity contribution in [2.45, 2.75) is 46.1 Å². The Morgan fingerprint density at radius 2 is 1.90 bits per heavy atom. The van der Waals surface area contributed by atoms with Gasteiger partial charge in [-0.3, -0.25) is 19.0 Å². The number of hydrogen-bond donors (Lipinski definition) is 1. The lowest BCUT2D eigenvalue weighted by Crippen LogP contribution is -2.41. The molecule has 7 nitrogen and oxygen atoms in total. The summed E-state index contributed by atoms with van der Waals surface area (Å²) in [6.07, 6.45) is 1.39. The number of aryl methyl sites for hydroxylation is 1. The zero-order chi connectivity index (χ0) is 22.8. The second-order valence-electron chi connectivity index (χ2n) is 8.53. The van der Waals surface area contributed by atoms with Crippen molar-refractivity contribution >= 4 is 29.0 Å². The fourth-order valence-electron chi connectivity index (χ4n) is 3.40. The van der Waals surface area contributed by atoms with Gasteiger partial charge in [0.25, 0.3) is 11.5 Å². The van der Waals surface area contributed by atoms with Crippen molar-refractivity contribution in [2.24, 2.45) is 7.05 Å². The highest BCUT2D eigenvalue weighted by molar-refractivity contribution is 6.33. The maximum Gasteiger partial charge on any atom is 0.281 e. The Morgan fingerprint density at radius 1 is 1.16 bits per heavy atom. The van der Waals surface area contributed by atoms with Crippen molar-refractivity contribution in [3.8, 4) is 0 Å². The third-order valence-corrected chi connectivity index (χ3v) is 5.42. The van der Waals surface area contributed by atoms with Gasteiger partial charge in [0.1, 0.15) is 5.82 Å². The van der Waals surface area contributed by atoms with Crippen molar-refractivity contribution < 1.29 is 14.4 Å². The minimum absolute atomic E-state index is 0.191. The number of rotatable bonds is 7. The van der Waals surface area contributed by atoms with E-state index >= 15 is 0 Å². The largest absolute Gasteiger partial charge is 0.373 e. The molecular formula is C23H30ClN3O4. The van der Waals surface area contributed by atoms with E-state index < -0.39 is 0 Å². The van der Waals surface area contributed by atoms with Gasteiger partial charge < -0.3 is 10.1 Å². The maximum absolute atomic E-state index is 13.2. The van der Waals surface area contributed by atoms with Crippen LogP contribution < -0.4 is 10.9 Å². The molecule has 1 aromatic heterocycles. The van der Waals surface area contributed by atoms with Crippen molar-refractivity contribution in [1.29, 1.82) is 0 Å². The van der Waals surface area contributed by atoms with Crippen LogP contribution >= 0.6 is 11.6 Å². The Morgan fingerprint density at radius 3 is 2.55 bits per heavy atom. The summed E-state index contributed by atoms with van der Waals surface area (Å²) in [6.45, 7) is 8.95. The third kappa shape index (κ3) is 5.47. The standard InChI is InChI=1S/C23H30ClN3O4/c1-6-15-7-8-18(17(24)13-15)25-21-20-16(14-19(28)26(21)5)9-10-27(22(20)29)31-12-11-30-23(2,3)4/h7-8,13-14,25H,6,9-12H2,1-5H3. The number of pyridine rings is 1. The van der Waals surface area contributed by atoms with E-state index in [4.69, 9.17) is 21.2 Å². The zero-order valence-corrected chi connectivity index (χ0v) is 19.5. The molecule has 0 fully saturated rings. The van der Waals surface area contributed by atoms with Gasteiger partial charge in [-0.15, -0.1) is 0 Å². The van der Waals surface area contributed by atoms with Gasteiger partial charge >= 0.3 is 0 Å². The second kappa shape index (κ2) is 9.42. The third-order valence-electron chi connectivity index (χ3n) is 5.11.